The predicted octanol–water partition coefficient (Wildman–Crippen LogP) is -1.24. The van der Waals surface area contributed by atoms with Gasteiger partial charge in [0.25, 0.3) is 0 Å². The van der Waals surface area contributed by atoms with Crippen molar-refractivity contribution >= 4 is 16.0 Å². The summed E-state index contributed by atoms with van der Waals surface area (Å²) in [6, 6.07) is -1.57. The number of aliphatic hydroxyl groups is 1. The van der Waals surface area contributed by atoms with E-state index in [4.69, 9.17) is 10.2 Å². The minimum absolute atomic E-state index is 0.0651. The maximum Gasteiger partial charge on any atom is 0.324 e. The summed E-state index contributed by atoms with van der Waals surface area (Å²) in [5.41, 5.74) is 0.659. The molecule has 0 aliphatic rings. The third-order valence-electron chi connectivity index (χ3n) is 2.49. The van der Waals surface area contributed by atoms with Crippen LogP contribution in [-0.2, 0) is 21.9 Å². The number of aromatic nitrogens is 2. The summed E-state index contributed by atoms with van der Waals surface area (Å²) in [5, 5.41) is 21.5. The number of aryl methyl sites for hydroxylation is 2. The smallest absolute Gasteiger partial charge is 0.324 e. The van der Waals surface area contributed by atoms with Crippen LogP contribution in [-0.4, -0.2) is 47.0 Å². The molecule has 1 aromatic heterocycles. The molecular weight excluding hydrogens is 262 g/mol. The van der Waals surface area contributed by atoms with Crippen molar-refractivity contribution < 1.29 is 23.4 Å². The minimum atomic E-state index is -4.03. The lowest BCUT2D eigenvalue weighted by Gasteiger charge is -2.12. The van der Waals surface area contributed by atoms with Crippen LogP contribution in [0.15, 0.2) is 4.90 Å². The molecular formula is C9H15N3O5S. The van der Waals surface area contributed by atoms with E-state index in [0.717, 1.165) is 0 Å². The second kappa shape index (κ2) is 5.04. The van der Waals surface area contributed by atoms with E-state index >= 15 is 0 Å². The molecule has 0 bridgehead atoms. The Labute approximate surface area is 104 Å². The molecule has 0 aliphatic heterocycles. The Morgan fingerprint density at radius 1 is 1.50 bits per heavy atom. The summed E-state index contributed by atoms with van der Waals surface area (Å²) in [5.74, 6) is -1.44. The second-order valence-corrected chi connectivity index (χ2v) is 5.47. The van der Waals surface area contributed by atoms with Gasteiger partial charge in [-0.25, -0.2) is 8.42 Å². The first-order valence-corrected chi connectivity index (χ1v) is 6.55. The van der Waals surface area contributed by atoms with Crippen molar-refractivity contribution in [3.63, 3.8) is 0 Å². The molecule has 1 heterocycles. The van der Waals surface area contributed by atoms with Crippen LogP contribution >= 0.6 is 0 Å². The summed E-state index contributed by atoms with van der Waals surface area (Å²) >= 11 is 0. The average molecular weight is 277 g/mol. The quantitative estimate of drug-likeness (QED) is 0.619. The first kappa shape index (κ1) is 14.6. The lowest BCUT2D eigenvalue weighted by atomic mass is 10.3. The number of sulfonamides is 1. The van der Waals surface area contributed by atoms with Gasteiger partial charge in [-0.3, -0.25) is 9.48 Å². The van der Waals surface area contributed by atoms with Crippen LogP contribution in [0.1, 0.15) is 11.4 Å². The number of carboxylic acid groups (broad SMARTS) is 1. The standard InChI is InChI=1S/C9H15N3O5S/c1-5-8(6(2)12(3)10-5)18(16,17)11-7(4-13)9(14)15/h7,11,13H,4H2,1-3H3,(H,14,15)/t7-/m0/s1. The normalized spacial score (nSPS) is 13.6. The van der Waals surface area contributed by atoms with Crippen LogP contribution in [0.4, 0.5) is 0 Å². The van der Waals surface area contributed by atoms with Crippen molar-refractivity contribution in [1.82, 2.24) is 14.5 Å². The Kier molecular flexibility index (Phi) is 4.09. The van der Waals surface area contributed by atoms with E-state index in [0.29, 0.717) is 5.69 Å². The molecule has 102 valence electrons. The molecule has 8 nitrogen and oxygen atoms in total. The van der Waals surface area contributed by atoms with Crippen molar-refractivity contribution in [3.8, 4) is 0 Å². The van der Waals surface area contributed by atoms with Gasteiger partial charge in [0.2, 0.25) is 10.0 Å². The summed E-state index contributed by atoms with van der Waals surface area (Å²) in [4.78, 5) is 10.6. The Morgan fingerprint density at radius 2 is 2.06 bits per heavy atom. The fraction of sp³-hybridized carbons (Fsp3) is 0.556. The summed E-state index contributed by atoms with van der Waals surface area (Å²) < 4.78 is 27.4. The highest BCUT2D eigenvalue weighted by atomic mass is 32.2. The van der Waals surface area contributed by atoms with E-state index < -0.39 is 28.6 Å². The highest BCUT2D eigenvalue weighted by Gasteiger charge is 2.29. The van der Waals surface area contributed by atoms with Crippen molar-refractivity contribution in [3.05, 3.63) is 11.4 Å². The van der Waals surface area contributed by atoms with Gasteiger partial charge >= 0.3 is 5.97 Å². The summed E-state index contributed by atoms with van der Waals surface area (Å²) in [6.07, 6.45) is 0. The molecule has 0 aliphatic carbocycles. The van der Waals surface area contributed by atoms with Crippen molar-refractivity contribution in [2.24, 2.45) is 7.05 Å². The van der Waals surface area contributed by atoms with Gasteiger partial charge < -0.3 is 10.2 Å². The third-order valence-corrected chi connectivity index (χ3v) is 4.21. The SMILES string of the molecule is Cc1nn(C)c(C)c1S(=O)(=O)N[C@@H](CO)C(=O)O. The number of carboxylic acids is 1. The lowest BCUT2D eigenvalue weighted by Crippen LogP contribution is -2.43. The number of carbonyl (C=O) groups is 1. The topological polar surface area (TPSA) is 122 Å². The second-order valence-electron chi connectivity index (χ2n) is 3.82. The zero-order valence-electron chi connectivity index (χ0n) is 10.2. The van der Waals surface area contributed by atoms with Crippen LogP contribution in [0.5, 0.6) is 0 Å². The predicted molar refractivity (Wildman–Crippen MR) is 61.5 cm³/mol. The van der Waals surface area contributed by atoms with Crippen LogP contribution in [0, 0.1) is 13.8 Å². The van der Waals surface area contributed by atoms with E-state index in [2.05, 4.69) is 5.10 Å². The Hall–Kier alpha value is -1.45. The van der Waals surface area contributed by atoms with Gasteiger partial charge in [-0.1, -0.05) is 0 Å². The molecule has 9 heteroatoms. The maximum atomic E-state index is 12.0. The molecule has 0 amide bonds. The first-order valence-electron chi connectivity index (χ1n) is 5.07. The van der Waals surface area contributed by atoms with E-state index in [-0.39, 0.29) is 10.6 Å². The molecule has 0 radical (unpaired) electrons. The van der Waals surface area contributed by atoms with Gasteiger partial charge in [0, 0.05) is 7.05 Å². The number of nitrogens with one attached hydrogen (secondary N) is 1. The Morgan fingerprint density at radius 3 is 2.39 bits per heavy atom. The molecule has 0 unspecified atom stereocenters. The Bertz CT molecular complexity index is 563. The molecule has 0 fully saturated rings. The van der Waals surface area contributed by atoms with E-state index in [1.165, 1.54) is 11.6 Å². The highest BCUT2D eigenvalue weighted by Crippen LogP contribution is 2.18. The van der Waals surface area contributed by atoms with Crippen molar-refractivity contribution in [1.29, 1.82) is 0 Å². The van der Waals surface area contributed by atoms with E-state index in [1.54, 1.807) is 14.0 Å². The van der Waals surface area contributed by atoms with Crippen molar-refractivity contribution in [2.45, 2.75) is 24.8 Å². The van der Waals surface area contributed by atoms with Crippen molar-refractivity contribution in [2.75, 3.05) is 6.61 Å². The molecule has 1 rings (SSSR count). The molecule has 0 spiro atoms. The van der Waals surface area contributed by atoms with Gasteiger partial charge in [0.05, 0.1) is 18.0 Å². The van der Waals surface area contributed by atoms with E-state index in [1.807, 2.05) is 4.72 Å². The van der Waals surface area contributed by atoms with Gasteiger partial charge in [-0.2, -0.15) is 9.82 Å². The first-order chi connectivity index (χ1) is 8.20. The number of aliphatic carboxylic acids is 1. The summed E-state index contributed by atoms with van der Waals surface area (Å²) in [6.45, 7) is 2.24. The summed E-state index contributed by atoms with van der Waals surface area (Å²) in [7, 11) is -2.45. The van der Waals surface area contributed by atoms with Crippen LogP contribution in [0.3, 0.4) is 0 Å². The lowest BCUT2D eigenvalue weighted by molar-refractivity contribution is -0.139. The van der Waals surface area contributed by atoms with Crippen LogP contribution < -0.4 is 4.72 Å². The fourth-order valence-electron chi connectivity index (χ4n) is 1.56. The zero-order valence-corrected chi connectivity index (χ0v) is 11.0. The zero-order chi connectivity index (χ0) is 14.1. The van der Waals surface area contributed by atoms with Crippen LogP contribution in [0.25, 0.3) is 0 Å². The maximum absolute atomic E-state index is 12.0. The number of hydrogen-bond acceptors (Lipinski definition) is 5. The third kappa shape index (κ3) is 2.68. The molecule has 0 aromatic carbocycles. The number of rotatable bonds is 5. The number of nitrogens with zero attached hydrogens (tertiary/aromatic N) is 2. The molecule has 1 atom stereocenters. The molecule has 0 saturated carbocycles. The fourth-order valence-corrected chi connectivity index (χ4v) is 3.17. The number of hydrogen-bond donors (Lipinski definition) is 3. The monoisotopic (exact) mass is 277 g/mol. The Balaban J connectivity index is 3.18. The molecule has 3 N–H and O–H groups in total. The molecule has 18 heavy (non-hydrogen) atoms. The average Bonchev–Trinajstić information content (AvgIpc) is 2.49. The number of aliphatic hydroxyl groups excluding tert-OH is 1. The minimum Gasteiger partial charge on any atom is -0.480 e. The van der Waals surface area contributed by atoms with Gasteiger partial charge in [0.1, 0.15) is 10.9 Å². The highest BCUT2D eigenvalue weighted by molar-refractivity contribution is 7.89. The molecule has 0 saturated heterocycles. The van der Waals surface area contributed by atoms with E-state index in [9.17, 15) is 13.2 Å². The van der Waals surface area contributed by atoms with Gasteiger partial charge in [-0.15, -0.1) is 0 Å². The van der Waals surface area contributed by atoms with Gasteiger partial charge in [0.15, 0.2) is 0 Å². The van der Waals surface area contributed by atoms with Gasteiger partial charge in [-0.05, 0) is 13.8 Å². The molecule has 1 aromatic rings. The largest absolute Gasteiger partial charge is 0.480 e. The van der Waals surface area contributed by atoms with Crippen LogP contribution in [0.2, 0.25) is 0 Å².